The lowest BCUT2D eigenvalue weighted by molar-refractivity contribution is 0.300. The van der Waals surface area contributed by atoms with E-state index in [0.717, 1.165) is 11.3 Å². The van der Waals surface area contributed by atoms with Crippen LogP contribution in [0.15, 0.2) is 42.5 Å². The van der Waals surface area contributed by atoms with Gasteiger partial charge in [-0.3, -0.25) is 0 Å². The third-order valence-corrected chi connectivity index (χ3v) is 3.02. The molecular weight excluding hydrogens is 257 g/mol. The molecule has 2 aromatic rings. The van der Waals surface area contributed by atoms with E-state index in [9.17, 15) is 4.39 Å². The average molecular weight is 275 g/mol. The third-order valence-electron chi connectivity index (χ3n) is 3.02. The molecule has 4 heteroatoms. The number of benzene rings is 2. The Labute approximate surface area is 118 Å². The van der Waals surface area contributed by atoms with Crippen molar-refractivity contribution in [3.63, 3.8) is 0 Å². The minimum atomic E-state index is -0.311. The maximum atomic E-state index is 13.2. The number of rotatable bonds is 5. The highest BCUT2D eigenvalue weighted by atomic mass is 19.1. The molecule has 0 saturated carbocycles. The van der Waals surface area contributed by atoms with Gasteiger partial charge in [0, 0.05) is 11.6 Å². The maximum absolute atomic E-state index is 13.2. The van der Waals surface area contributed by atoms with Crippen molar-refractivity contribution in [2.24, 2.45) is 5.73 Å². The fourth-order valence-corrected chi connectivity index (χ4v) is 1.89. The van der Waals surface area contributed by atoms with E-state index in [1.807, 2.05) is 24.3 Å². The van der Waals surface area contributed by atoms with Crippen LogP contribution in [0.1, 0.15) is 24.1 Å². The van der Waals surface area contributed by atoms with E-state index in [1.54, 1.807) is 20.1 Å². The van der Waals surface area contributed by atoms with Crippen molar-refractivity contribution in [2.75, 3.05) is 7.11 Å². The van der Waals surface area contributed by atoms with E-state index < -0.39 is 0 Å². The van der Waals surface area contributed by atoms with Gasteiger partial charge in [0.05, 0.1) is 7.11 Å². The molecule has 20 heavy (non-hydrogen) atoms. The highest BCUT2D eigenvalue weighted by Crippen LogP contribution is 2.25. The van der Waals surface area contributed by atoms with Crippen molar-refractivity contribution in [1.29, 1.82) is 0 Å². The molecule has 0 aliphatic rings. The van der Waals surface area contributed by atoms with Crippen molar-refractivity contribution >= 4 is 0 Å². The predicted octanol–water partition coefficient (Wildman–Crippen LogP) is 3.43. The van der Waals surface area contributed by atoms with Gasteiger partial charge in [-0.2, -0.15) is 0 Å². The smallest absolute Gasteiger partial charge is 0.124 e. The predicted molar refractivity (Wildman–Crippen MR) is 76.3 cm³/mol. The number of ether oxygens (including phenoxy) is 2. The van der Waals surface area contributed by atoms with Gasteiger partial charge in [-0.25, -0.2) is 4.39 Å². The molecule has 0 aromatic heterocycles. The Morgan fingerprint density at radius 1 is 1.15 bits per heavy atom. The van der Waals surface area contributed by atoms with Crippen LogP contribution in [-0.4, -0.2) is 7.11 Å². The van der Waals surface area contributed by atoms with Crippen LogP contribution in [0.5, 0.6) is 11.5 Å². The van der Waals surface area contributed by atoms with Gasteiger partial charge in [0.2, 0.25) is 0 Å². The summed E-state index contributed by atoms with van der Waals surface area (Å²) in [5.74, 6) is 1.10. The Balaban J connectivity index is 2.10. The molecular formula is C16H18FNO2. The molecule has 0 amide bonds. The molecule has 0 saturated heterocycles. The molecule has 0 fully saturated rings. The van der Waals surface area contributed by atoms with Crippen molar-refractivity contribution in [3.05, 3.63) is 59.4 Å². The van der Waals surface area contributed by atoms with E-state index in [-0.39, 0.29) is 11.9 Å². The average Bonchev–Trinajstić information content (AvgIpc) is 2.46. The second kappa shape index (κ2) is 6.39. The molecule has 0 heterocycles. The van der Waals surface area contributed by atoms with Gasteiger partial charge >= 0.3 is 0 Å². The molecule has 0 spiro atoms. The lowest BCUT2D eigenvalue weighted by atomic mass is 10.1. The van der Waals surface area contributed by atoms with Gasteiger partial charge in [0.15, 0.2) is 0 Å². The van der Waals surface area contributed by atoms with Gasteiger partial charge in [0.1, 0.15) is 23.9 Å². The Morgan fingerprint density at radius 3 is 2.45 bits per heavy atom. The zero-order chi connectivity index (χ0) is 14.5. The van der Waals surface area contributed by atoms with E-state index in [0.29, 0.717) is 17.9 Å². The van der Waals surface area contributed by atoms with E-state index >= 15 is 0 Å². The topological polar surface area (TPSA) is 44.5 Å². The molecule has 0 bridgehead atoms. The summed E-state index contributed by atoms with van der Waals surface area (Å²) in [5, 5.41) is 0. The molecule has 0 aliphatic heterocycles. The first-order chi connectivity index (χ1) is 9.60. The summed E-state index contributed by atoms with van der Waals surface area (Å²) in [4.78, 5) is 0. The zero-order valence-corrected chi connectivity index (χ0v) is 11.6. The summed E-state index contributed by atoms with van der Waals surface area (Å²) in [5.41, 5.74) is 7.50. The SMILES string of the molecule is COc1ccc(COc2ccc(F)cc2C(C)N)cc1. The van der Waals surface area contributed by atoms with Crippen LogP contribution in [0, 0.1) is 5.82 Å². The highest BCUT2D eigenvalue weighted by Gasteiger charge is 2.09. The standard InChI is InChI=1S/C16H18FNO2/c1-11(18)15-9-13(17)5-8-16(15)20-10-12-3-6-14(19-2)7-4-12/h3-9,11H,10,18H2,1-2H3. The zero-order valence-electron chi connectivity index (χ0n) is 11.6. The summed E-state index contributed by atoms with van der Waals surface area (Å²) < 4.78 is 24.1. The minimum Gasteiger partial charge on any atom is -0.497 e. The van der Waals surface area contributed by atoms with Gasteiger partial charge in [-0.1, -0.05) is 12.1 Å². The van der Waals surface area contributed by atoms with E-state index in [2.05, 4.69) is 0 Å². The molecule has 1 atom stereocenters. The summed E-state index contributed by atoms with van der Waals surface area (Å²) in [7, 11) is 1.62. The van der Waals surface area contributed by atoms with Crippen molar-refractivity contribution in [1.82, 2.24) is 0 Å². The molecule has 2 N–H and O–H groups in total. The number of nitrogens with two attached hydrogens (primary N) is 1. The molecule has 3 nitrogen and oxygen atoms in total. The maximum Gasteiger partial charge on any atom is 0.124 e. The number of hydrogen-bond donors (Lipinski definition) is 1. The number of hydrogen-bond acceptors (Lipinski definition) is 3. The Morgan fingerprint density at radius 2 is 1.85 bits per heavy atom. The monoisotopic (exact) mass is 275 g/mol. The van der Waals surface area contributed by atoms with Crippen LogP contribution in [0.3, 0.4) is 0 Å². The van der Waals surface area contributed by atoms with E-state index in [1.165, 1.54) is 12.1 Å². The van der Waals surface area contributed by atoms with Crippen molar-refractivity contribution in [2.45, 2.75) is 19.6 Å². The molecule has 106 valence electrons. The van der Waals surface area contributed by atoms with Crippen LogP contribution < -0.4 is 15.2 Å². The first-order valence-electron chi connectivity index (χ1n) is 6.41. The minimum absolute atomic E-state index is 0.281. The Kier molecular flexibility index (Phi) is 4.58. The van der Waals surface area contributed by atoms with Crippen molar-refractivity contribution in [3.8, 4) is 11.5 Å². The lowest BCUT2D eigenvalue weighted by Gasteiger charge is -2.14. The fourth-order valence-electron chi connectivity index (χ4n) is 1.89. The molecule has 0 aliphatic carbocycles. The fraction of sp³-hybridized carbons (Fsp3) is 0.250. The number of halogens is 1. The van der Waals surface area contributed by atoms with Crippen LogP contribution >= 0.6 is 0 Å². The van der Waals surface area contributed by atoms with Gasteiger partial charge < -0.3 is 15.2 Å². The summed E-state index contributed by atoms with van der Waals surface area (Å²) in [6.07, 6.45) is 0. The third kappa shape index (κ3) is 3.48. The first kappa shape index (κ1) is 14.3. The van der Waals surface area contributed by atoms with Gasteiger partial charge in [0.25, 0.3) is 0 Å². The lowest BCUT2D eigenvalue weighted by Crippen LogP contribution is -2.08. The van der Waals surface area contributed by atoms with Crippen LogP contribution in [-0.2, 0) is 6.61 Å². The van der Waals surface area contributed by atoms with Crippen LogP contribution in [0.25, 0.3) is 0 Å². The van der Waals surface area contributed by atoms with Gasteiger partial charge in [-0.15, -0.1) is 0 Å². The summed E-state index contributed by atoms with van der Waals surface area (Å²) in [6, 6.07) is 11.7. The largest absolute Gasteiger partial charge is 0.497 e. The first-order valence-corrected chi connectivity index (χ1v) is 6.41. The molecule has 2 aromatic carbocycles. The quantitative estimate of drug-likeness (QED) is 0.909. The Bertz CT molecular complexity index is 567. The van der Waals surface area contributed by atoms with Gasteiger partial charge in [-0.05, 0) is 42.8 Å². The Hall–Kier alpha value is -2.07. The summed E-state index contributed by atoms with van der Waals surface area (Å²) >= 11 is 0. The second-order valence-electron chi connectivity index (χ2n) is 4.61. The normalized spacial score (nSPS) is 12.0. The van der Waals surface area contributed by atoms with Crippen LogP contribution in [0.4, 0.5) is 4.39 Å². The second-order valence-corrected chi connectivity index (χ2v) is 4.61. The van der Waals surface area contributed by atoms with Crippen LogP contribution in [0.2, 0.25) is 0 Å². The highest BCUT2D eigenvalue weighted by molar-refractivity contribution is 5.36. The summed E-state index contributed by atoms with van der Waals surface area (Å²) in [6.45, 7) is 2.20. The van der Waals surface area contributed by atoms with Crippen molar-refractivity contribution < 1.29 is 13.9 Å². The number of methoxy groups -OCH3 is 1. The molecule has 0 radical (unpaired) electrons. The molecule has 1 unspecified atom stereocenters. The molecule has 2 rings (SSSR count). The van der Waals surface area contributed by atoms with E-state index in [4.69, 9.17) is 15.2 Å².